The lowest BCUT2D eigenvalue weighted by molar-refractivity contribution is 0.588. The van der Waals surface area contributed by atoms with Crippen molar-refractivity contribution in [1.29, 1.82) is 0 Å². The van der Waals surface area contributed by atoms with Gasteiger partial charge in [-0.25, -0.2) is 0 Å². The summed E-state index contributed by atoms with van der Waals surface area (Å²) >= 11 is 18.2. The molecule has 0 amide bonds. The van der Waals surface area contributed by atoms with Crippen LogP contribution in [0.1, 0.15) is 28.3 Å². The van der Waals surface area contributed by atoms with Gasteiger partial charge in [0.25, 0.3) is 0 Å². The van der Waals surface area contributed by atoms with Crippen LogP contribution < -0.4 is 5.32 Å². The molecule has 0 aromatic heterocycles. The van der Waals surface area contributed by atoms with Crippen LogP contribution in [-0.2, 0) is 6.42 Å². The van der Waals surface area contributed by atoms with Crippen LogP contribution >= 0.6 is 34.8 Å². The number of likely N-dealkylation sites (N-methyl/N-ethyl adjacent to an activating group) is 1. The van der Waals surface area contributed by atoms with Crippen molar-refractivity contribution in [2.45, 2.75) is 26.3 Å². The topological polar surface area (TPSA) is 12.0 Å². The van der Waals surface area contributed by atoms with Crippen molar-refractivity contribution in [3.63, 3.8) is 0 Å². The summed E-state index contributed by atoms with van der Waals surface area (Å²) in [6.07, 6.45) is 0.843. The third-order valence-corrected chi connectivity index (χ3v) is 4.84. The van der Waals surface area contributed by atoms with Gasteiger partial charge >= 0.3 is 0 Å². The first-order valence-corrected chi connectivity index (χ1v) is 7.93. The molecule has 1 atom stereocenters. The second-order valence-electron chi connectivity index (χ2n) is 5.25. The Kier molecular flexibility index (Phi) is 5.56. The minimum atomic E-state index is 0.207. The number of halogens is 3. The Bertz CT molecular complexity index is 653. The van der Waals surface area contributed by atoms with E-state index in [2.05, 4.69) is 18.3 Å². The van der Waals surface area contributed by atoms with Crippen LogP contribution in [0, 0.1) is 13.8 Å². The molecule has 2 aromatic carbocycles. The van der Waals surface area contributed by atoms with Crippen molar-refractivity contribution in [2.24, 2.45) is 0 Å². The molecule has 0 bridgehead atoms. The molecule has 21 heavy (non-hydrogen) atoms. The van der Waals surface area contributed by atoms with E-state index in [1.807, 2.05) is 38.2 Å². The first-order chi connectivity index (χ1) is 9.92. The van der Waals surface area contributed by atoms with Crippen molar-refractivity contribution in [1.82, 2.24) is 5.32 Å². The molecule has 0 aliphatic heterocycles. The van der Waals surface area contributed by atoms with Crippen LogP contribution in [0.3, 0.4) is 0 Å². The zero-order chi connectivity index (χ0) is 15.6. The van der Waals surface area contributed by atoms with Gasteiger partial charge in [-0.1, -0.05) is 46.9 Å². The summed E-state index contributed by atoms with van der Waals surface area (Å²) in [7, 11) is 1.96. The van der Waals surface area contributed by atoms with Crippen molar-refractivity contribution in [2.75, 3.05) is 7.05 Å². The fourth-order valence-electron chi connectivity index (χ4n) is 2.45. The van der Waals surface area contributed by atoms with Crippen molar-refractivity contribution in [3.8, 4) is 0 Å². The minimum absolute atomic E-state index is 0.207. The first-order valence-electron chi connectivity index (χ1n) is 6.80. The maximum Gasteiger partial charge on any atom is 0.0595 e. The Balaban J connectivity index is 2.31. The lowest BCUT2D eigenvalue weighted by Crippen LogP contribution is -2.20. The average molecular weight is 343 g/mol. The van der Waals surface area contributed by atoms with Crippen LogP contribution in [0.4, 0.5) is 0 Å². The average Bonchev–Trinajstić information content (AvgIpc) is 2.44. The minimum Gasteiger partial charge on any atom is -0.313 e. The SMILES string of the molecule is CNC(Cc1ccc(Cl)c(Cl)c1)c1cc(C)c(Cl)cc1C. The van der Waals surface area contributed by atoms with Gasteiger partial charge in [-0.2, -0.15) is 0 Å². The van der Waals surface area contributed by atoms with Crippen molar-refractivity contribution >= 4 is 34.8 Å². The normalized spacial score (nSPS) is 12.5. The van der Waals surface area contributed by atoms with Gasteiger partial charge in [0, 0.05) is 11.1 Å². The summed E-state index contributed by atoms with van der Waals surface area (Å²) in [5.74, 6) is 0. The smallest absolute Gasteiger partial charge is 0.0595 e. The lowest BCUT2D eigenvalue weighted by Gasteiger charge is -2.20. The Morgan fingerprint density at radius 1 is 0.905 bits per heavy atom. The number of nitrogens with one attached hydrogen (secondary N) is 1. The summed E-state index contributed by atoms with van der Waals surface area (Å²) < 4.78 is 0. The molecule has 0 radical (unpaired) electrons. The van der Waals surface area contributed by atoms with Gasteiger partial charge in [0.1, 0.15) is 0 Å². The molecule has 1 unspecified atom stereocenters. The number of benzene rings is 2. The van der Waals surface area contributed by atoms with Crippen LogP contribution in [0.5, 0.6) is 0 Å². The Morgan fingerprint density at radius 3 is 2.24 bits per heavy atom. The van der Waals surface area contributed by atoms with Gasteiger partial charge in [-0.15, -0.1) is 0 Å². The van der Waals surface area contributed by atoms with E-state index in [1.165, 1.54) is 11.1 Å². The fraction of sp³-hybridized carbons (Fsp3) is 0.294. The molecule has 1 N–H and O–H groups in total. The summed E-state index contributed by atoms with van der Waals surface area (Å²) in [4.78, 5) is 0. The van der Waals surface area contributed by atoms with Gasteiger partial charge in [-0.05, 0) is 67.8 Å². The Hall–Kier alpha value is -0.730. The van der Waals surface area contributed by atoms with Crippen LogP contribution in [0.2, 0.25) is 15.1 Å². The summed E-state index contributed by atoms with van der Waals surface area (Å²) in [6, 6.07) is 10.1. The zero-order valence-electron chi connectivity index (χ0n) is 12.3. The third kappa shape index (κ3) is 3.92. The van der Waals surface area contributed by atoms with Crippen molar-refractivity contribution in [3.05, 3.63) is 67.7 Å². The zero-order valence-corrected chi connectivity index (χ0v) is 14.6. The largest absolute Gasteiger partial charge is 0.313 e. The lowest BCUT2D eigenvalue weighted by atomic mass is 9.94. The molecule has 2 aromatic rings. The molecule has 0 fully saturated rings. The highest BCUT2D eigenvalue weighted by Crippen LogP contribution is 2.29. The number of hydrogen-bond donors (Lipinski definition) is 1. The van der Waals surface area contributed by atoms with E-state index < -0.39 is 0 Å². The third-order valence-electron chi connectivity index (χ3n) is 3.70. The summed E-state index contributed by atoms with van der Waals surface area (Å²) in [6.45, 7) is 4.11. The maximum absolute atomic E-state index is 6.18. The van der Waals surface area contributed by atoms with Gasteiger partial charge in [0.05, 0.1) is 10.0 Å². The van der Waals surface area contributed by atoms with Crippen molar-refractivity contribution < 1.29 is 0 Å². The maximum atomic E-state index is 6.18. The Morgan fingerprint density at radius 2 is 1.62 bits per heavy atom. The standard InChI is InChI=1S/C17H18Cl3N/c1-10-7-15(19)11(2)6-13(10)17(21-3)9-12-4-5-14(18)16(20)8-12/h4-8,17,21H,9H2,1-3H3. The number of hydrogen-bond acceptors (Lipinski definition) is 1. The highest BCUT2D eigenvalue weighted by atomic mass is 35.5. The highest BCUT2D eigenvalue weighted by Gasteiger charge is 2.15. The molecule has 0 aliphatic rings. The van der Waals surface area contributed by atoms with E-state index in [0.717, 1.165) is 22.6 Å². The molecule has 1 nitrogen and oxygen atoms in total. The predicted molar refractivity (Wildman–Crippen MR) is 92.9 cm³/mol. The van der Waals surface area contributed by atoms with E-state index in [0.29, 0.717) is 10.0 Å². The van der Waals surface area contributed by atoms with Crippen LogP contribution in [0.25, 0.3) is 0 Å². The highest BCUT2D eigenvalue weighted by molar-refractivity contribution is 6.42. The van der Waals surface area contributed by atoms with Gasteiger partial charge < -0.3 is 5.32 Å². The predicted octanol–water partition coefficient (Wildman–Crippen LogP) is 5.77. The van der Waals surface area contributed by atoms with Gasteiger partial charge in [0.15, 0.2) is 0 Å². The van der Waals surface area contributed by atoms with E-state index in [1.54, 1.807) is 0 Å². The fourth-order valence-corrected chi connectivity index (χ4v) is 2.99. The second kappa shape index (κ2) is 7.02. The molecule has 0 aliphatic carbocycles. The molecule has 4 heteroatoms. The van der Waals surface area contributed by atoms with Crippen LogP contribution in [0.15, 0.2) is 30.3 Å². The first kappa shape index (κ1) is 16.6. The van der Waals surface area contributed by atoms with E-state index >= 15 is 0 Å². The molecule has 112 valence electrons. The molecule has 2 rings (SSSR count). The molecule has 0 spiro atoms. The monoisotopic (exact) mass is 341 g/mol. The van der Waals surface area contributed by atoms with E-state index in [-0.39, 0.29) is 6.04 Å². The van der Waals surface area contributed by atoms with Gasteiger partial charge in [-0.3, -0.25) is 0 Å². The second-order valence-corrected chi connectivity index (χ2v) is 6.47. The quantitative estimate of drug-likeness (QED) is 0.744. The number of aryl methyl sites for hydroxylation is 2. The molecular formula is C17H18Cl3N. The molecular weight excluding hydrogens is 325 g/mol. The van der Waals surface area contributed by atoms with E-state index in [9.17, 15) is 0 Å². The summed E-state index contributed by atoms with van der Waals surface area (Å²) in [5, 5.41) is 5.35. The molecule has 0 saturated heterocycles. The Labute approximate surface area is 141 Å². The number of rotatable bonds is 4. The molecule has 0 saturated carbocycles. The van der Waals surface area contributed by atoms with E-state index in [4.69, 9.17) is 34.8 Å². The van der Waals surface area contributed by atoms with Crippen LogP contribution in [-0.4, -0.2) is 7.05 Å². The van der Waals surface area contributed by atoms with Gasteiger partial charge in [0.2, 0.25) is 0 Å². The molecule has 0 heterocycles. The summed E-state index contributed by atoms with van der Waals surface area (Å²) in [5.41, 5.74) is 4.68.